The maximum absolute atomic E-state index is 12.5. The lowest BCUT2D eigenvalue weighted by atomic mass is 10.1. The molecule has 0 aliphatic carbocycles. The van der Waals surface area contributed by atoms with Crippen LogP contribution in [0.4, 0.5) is 5.69 Å². The van der Waals surface area contributed by atoms with E-state index < -0.39 is 0 Å². The van der Waals surface area contributed by atoms with Gasteiger partial charge in [0.15, 0.2) is 0 Å². The summed E-state index contributed by atoms with van der Waals surface area (Å²) in [5.41, 5.74) is 5.77. The first kappa shape index (κ1) is 16.4. The van der Waals surface area contributed by atoms with Gasteiger partial charge >= 0.3 is 0 Å². The second kappa shape index (κ2) is 6.97. The van der Waals surface area contributed by atoms with E-state index in [-0.39, 0.29) is 5.91 Å². The number of aromatic nitrogens is 1. The minimum absolute atomic E-state index is 0.0947. The monoisotopic (exact) mass is 336 g/mol. The topological polar surface area (TPSA) is 42.0 Å². The van der Waals surface area contributed by atoms with Gasteiger partial charge in [-0.1, -0.05) is 31.2 Å². The van der Waals surface area contributed by atoms with Crippen LogP contribution in [0, 0.1) is 13.8 Å². The molecule has 0 saturated heterocycles. The van der Waals surface area contributed by atoms with E-state index in [1.165, 1.54) is 5.56 Å². The summed E-state index contributed by atoms with van der Waals surface area (Å²) >= 11 is 1.67. The summed E-state index contributed by atoms with van der Waals surface area (Å²) in [5.74, 6) is -0.0947. The van der Waals surface area contributed by atoms with Crippen molar-refractivity contribution in [3.05, 3.63) is 69.5 Å². The number of thiazole rings is 1. The standard InChI is InChI=1S/C20H20N2OS/c1-4-19-21-18(12-24-19)15-8-10-16(11-9-15)20(23)22-17-7-5-6-13(2)14(17)3/h5-12H,4H2,1-3H3,(H,22,23). The Bertz CT molecular complexity index is 866. The number of amides is 1. The maximum atomic E-state index is 12.5. The van der Waals surface area contributed by atoms with Gasteiger partial charge in [-0.3, -0.25) is 4.79 Å². The molecule has 0 bridgehead atoms. The highest BCUT2D eigenvalue weighted by Gasteiger charge is 2.10. The van der Waals surface area contributed by atoms with Gasteiger partial charge in [0.25, 0.3) is 5.91 Å². The molecular weight excluding hydrogens is 316 g/mol. The number of nitrogens with one attached hydrogen (secondary N) is 1. The smallest absolute Gasteiger partial charge is 0.255 e. The summed E-state index contributed by atoms with van der Waals surface area (Å²) in [7, 11) is 0. The molecule has 1 N–H and O–H groups in total. The zero-order chi connectivity index (χ0) is 17.1. The van der Waals surface area contributed by atoms with Gasteiger partial charge in [0.05, 0.1) is 10.7 Å². The van der Waals surface area contributed by atoms with Crippen molar-refractivity contribution in [2.24, 2.45) is 0 Å². The minimum atomic E-state index is -0.0947. The molecule has 0 aliphatic rings. The molecule has 0 unspecified atom stereocenters. The first-order valence-corrected chi connectivity index (χ1v) is 8.89. The molecule has 3 aromatic rings. The van der Waals surface area contributed by atoms with Crippen molar-refractivity contribution in [2.45, 2.75) is 27.2 Å². The number of hydrogen-bond donors (Lipinski definition) is 1. The predicted molar refractivity (Wildman–Crippen MR) is 101 cm³/mol. The Morgan fingerprint density at radius 3 is 2.54 bits per heavy atom. The van der Waals surface area contributed by atoms with E-state index in [0.29, 0.717) is 5.56 Å². The Morgan fingerprint density at radius 2 is 1.88 bits per heavy atom. The van der Waals surface area contributed by atoms with Crippen LogP contribution < -0.4 is 5.32 Å². The van der Waals surface area contributed by atoms with Gasteiger partial charge in [-0.05, 0) is 49.6 Å². The lowest BCUT2D eigenvalue weighted by Crippen LogP contribution is -2.12. The fourth-order valence-electron chi connectivity index (χ4n) is 2.48. The van der Waals surface area contributed by atoms with Crippen LogP contribution in [0.1, 0.15) is 33.4 Å². The second-order valence-corrected chi connectivity index (χ2v) is 6.70. The molecule has 0 saturated carbocycles. The molecular formula is C20H20N2OS. The lowest BCUT2D eigenvalue weighted by molar-refractivity contribution is 0.102. The van der Waals surface area contributed by atoms with Crippen molar-refractivity contribution in [3.8, 4) is 11.3 Å². The third-order valence-electron chi connectivity index (χ3n) is 4.15. The highest BCUT2D eigenvalue weighted by Crippen LogP contribution is 2.23. The molecule has 4 heteroatoms. The fraction of sp³-hybridized carbons (Fsp3) is 0.200. The molecule has 122 valence electrons. The van der Waals surface area contributed by atoms with Crippen molar-refractivity contribution in [2.75, 3.05) is 5.32 Å². The molecule has 2 aromatic carbocycles. The third kappa shape index (κ3) is 3.39. The molecule has 0 spiro atoms. The maximum Gasteiger partial charge on any atom is 0.255 e. The van der Waals surface area contributed by atoms with Crippen molar-refractivity contribution in [1.82, 2.24) is 4.98 Å². The zero-order valence-electron chi connectivity index (χ0n) is 14.1. The third-order valence-corrected chi connectivity index (χ3v) is 5.14. The van der Waals surface area contributed by atoms with Crippen molar-refractivity contribution in [1.29, 1.82) is 0 Å². The average Bonchev–Trinajstić information content (AvgIpc) is 3.08. The highest BCUT2D eigenvalue weighted by atomic mass is 32.1. The number of hydrogen-bond acceptors (Lipinski definition) is 3. The van der Waals surface area contributed by atoms with Gasteiger partial charge < -0.3 is 5.32 Å². The van der Waals surface area contributed by atoms with Crippen LogP contribution in [0.25, 0.3) is 11.3 Å². The Kier molecular flexibility index (Phi) is 4.76. The lowest BCUT2D eigenvalue weighted by Gasteiger charge is -2.10. The van der Waals surface area contributed by atoms with E-state index in [2.05, 4.69) is 22.6 Å². The minimum Gasteiger partial charge on any atom is -0.322 e. The van der Waals surface area contributed by atoms with E-state index >= 15 is 0 Å². The predicted octanol–water partition coefficient (Wildman–Crippen LogP) is 5.24. The van der Waals surface area contributed by atoms with Crippen LogP contribution in [0.2, 0.25) is 0 Å². The number of rotatable bonds is 4. The molecule has 0 radical (unpaired) electrons. The quantitative estimate of drug-likeness (QED) is 0.708. The molecule has 1 aromatic heterocycles. The summed E-state index contributed by atoms with van der Waals surface area (Å²) < 4.78 is 0. The summed E-state index contributed by atoms with van der Waals surface area (Å²) in [6, 6.07) is 13.5. The van der Waals surface area contributed by atoms with Gasteiger partial charge in [-0.15, -0.1) is 11.3 Å². The van der Waals surface area contributed by atoms with E-state index in [4.69, 9.17) is 0 Å². The Labute approximate surface area is 146 Å². The van der Waals surface area contributed by atoms with Gasteiger partial charge in [0, 0.05) is 22.2 Å². The van der Waals surface area contributed by atoms with Crippen LogP contribution in [0.15, 0.2) is 47.8 Å². The fourth-order valence-corrected chi connectivity index (χ4v) is 3.23. The van der Waals surface area contributed by atoms with Crippen LogP contribution in [-0.4, -0.2) is 10.9 Å². The van der Waals surface area contributed by atoms with Gasteiger partial charge in [0.1, 0.15) is 0 Å². The molecule has 0 aliphatic heterocycles. The Morgan fingerprint density at radius 1 is 1.12 bits per heavy atom. The highest BCUT2D eigenvalue weighted by molar-refractivity contribution is 7.09. The number of carbonyl (C=O) groups is 1. The van der Waals surface area contributed by atoms with E-state index in [0.717, 1.165) is 33.9 Å². The molecule has 3 nitrogen and oxygen atoms in total. The summed E-state index contributed by atoms with van der Waals surface area (Å²) in [6.07, 6.45) is 0.945. The number of benzene rings is 2. The van der Waals surface area contributed by atoms with Gasteiger partial charge in [0.2, 0.25) is 0 Å². The zero-order valence-corrected chi connectivity index (χ0v) is 14.9. The molecule has 0 fully saturated rings. The Balaban J connectivity index is 1.77. The van der Waals surface area contributed by atoms with Crippen LogP contribution in [0.5, 0.6) is 0 Å². The average molecular weight is 336 g/mol. The first-order chi connectivity index (χ1) is 11.6. The molecule has 0 atom stereocenters. The Hall–Kier alpha value is -2.46. The normalized spacial score (nSPS) is 10.6. The van der Waals surface area contributed by atoms with E-state index in [1.807, 2.05) is 56.3 Å². The van der Waals surface area contributed by atoms with Gasteiger partial charge in [-0.2, -0.15) is 0 Å². The number of anilines is 1. The summed E-state index contributed by atoms with van der Waals surface area (Å²) in [6.45, 7) is 6.16. The molecule has 1 heterocycles. The molecule has 24 heavy (non-hydrogen) atoms. The molecule has 3 rings (SSSR count). The largest absolute Gasteiger partial charge is 0.322 e. The van der Waals surface area contributed by atoms with E-state index in [1.54, 1.807) is 11.3 Å². The van der Waals surface area contributed by atoms with Gasteiger partial charge in [-0.25, -0.2) is 4.98 Å². The van der Waals surface area contributed by atoms with Crippen molar-refractivity contribution < 1.29 is 4.79 Å². The van der Waals surface area contributed by atoms with Crippen LogP contribution in [0.3, 0.4) is 0 Å². The van der Waals surface area contributed by atoms with Crippen molar-refractivity contribution in [3.63, 3.8) is 0 Å². The van der Waals surface area contributed by atoms with Crippen LogP contribution in [-0.2, 0) is 6.42 Å². The SMILES string of the molecule is CCc1nc(-c2ccc(C(=O)Nc3cccc(C)c3C)cc2)cs1. The van der Waals surface area contributed by atoms with Crippen molar-refractivity contribution >= 4 is 22.9 Å². The second-order valence-electron chi connectivity index (χ2n) is 5.76. The first-order valence-electron chi connectivity index (χ1n) is 8.01. The number of nitrogens with zero attached hydrogens (tertiary/aromatic N) is 1. The summed E-state index contributed by atoms with van der Waals surface area (Å²) in [4.78, 5) is 17.0. The number of carbonyl (C=O) groups excluding carboxylic acids is 1. The number of aryl methyl sites for hydroxylation is 2. The van der Waals surface area contributed by atoms with E-state index in [9.17, 15) is 4.79 Å². The summed E-state index contributed by atoms with van der Waals surface area (Å²) in [5, 5.41) is 6.17. The van der Waals surface area contributed by atoms with Crippen LogP contribution >= 0.6 is 11.3 Å². The molecule has 1 amide bonds.